The van der Waals surface area contributed by atoms with E-state index in [4.69, 9.17) is 10.5 Å². The number of rotatable bonds is 3. The highest BCUT2D eigenvalue weighted by atomic mass is 16.5. The number of nitrogens with one attached hydrogen (secondary N) is 1. The lowest BCUT2D eigenvalue weighted by Crippen LogP contribution is -2.31. The van der Waals surface area contributed by atoms with Gasteiger partial charge in [-0.05, 0) is 24.3 Å². The minimum Gasteiger partial charge on any atom is -0.399 e. The molecule has 0 saturated carbocycles. The molecular formula is C14H14N6O. The van der Waals surface area contributed by atoms with Crippen LogP contribution in [0.3, 0.4) is 0 Å². The first kappa shape index (κ1) is 12.1. The maximum atomic E-state index is 5.69. The maximum Gasteiger partial charge on any atom is 0.163 e. The van der Waals surface area contributed by atoms with Gasteiger partial charge in [-0.3, -0.25) is 0 Å². The number of hydrogen-bond donors (Lipinski definition) is 2. The zero-order valence-electron chi connectivity index (χ0n) is 11.2. The SMILES string of the molecule is Nc1ccc(Nc2ncnc3c2cnn3C2COC2)cc1. The Morgan fingerprint density at radius 1 is 1.19 bits per heavy atom. The Morgan fingerprint density at radius 3 is 2.71 bits per heavy atom. The molecule has 1 fully saturated rings. The Morgan fingerprint density at radius 2 is 2.00 bits per heavy atom. The summed E-state index contributed by atoms with van der Waals surface area (Å²) >= 11 is 0. The lowest BCUT2D eigenvalue weighted by Gasteiger charge is -2.26. The molecule has 1 aliphatic rings. The van der Waals surface area contributed by atoms with E-state index in [2.05, 4.69) is 20.4 Å². The van der Waals surface area contributed by atoms with E-state index >= 15 is 0 Å². The number of hydrogen-bond acceptors (Lipinski definition) is 6. The molecule has 0 aliphatic carbocycles. The summed E-state index contributed by atoms with van der Waals surface area (Å²) in [5.74, 6) is 0.733. The number of ether oxygens (including phenoxy) is 1. The highest BCUT2D eigenvalue weighted by Crippen LogP contribution is 2.26. The fourth-order valence-electron chi connectivity index (χ4n) is 2.30. The average Bonchev–Trinajstić information content (AvgIpc) is 2.85. The maximum absolute atomic E-state index is 5.69. The molecule has 0 radical (unpaired) electrons. The standard InChI is InChI=1S/C14H14N6O/c15-9-1-3-10(4-2-9)19-13-12-5-18-20(11-6-21-7-11)14(12)17-8-16-13/h1-5,8,11H,6-7,15H2,(H,16,17,19). The van der Waals surface area contributed by atoms with Crippen molar-refractivity contribution < 1.29 is 4.74 Å². The summed E-state index contributed by atoms with van der Waals surface area (Å²) in [7, 11) is 0. The van der Waals surface area contributed by atoms with Gasteiger partial charge < -0.3 is 15.8 Å². The highest BCUT2D eigenvalue weighted by Gasteiger charge is 2.24. The van der Waals surface area contributed by atoms with Crippen LogP contribution < -0.4 is 11.1 Å². The van der Waals surface area contributed by atoms with Gasteiger partial charge in [0.15, 0.2) is 5.65 Å². The number of anilines is 3. The van der Waals surface area contributed by atoms with Crippen LogP contribution in [0.5, 0.6) is 0 Å². The molecule has 3 aromatic rings. The summed E-state index contributed by atoms with van der Waals surface area (Å²) in [4.78, 5) is 8.64. The number of nitrogen functional groups attached to an aromatic ring is 1. The molecule has 1 aromatic carbocycles. The van der Waals surface area contributed by atoms with Crippen molar-refractivity contribution in [3.8, 4) is 0 Å². The van der Waals surface area contributed by atoms with Gasteiger partial charge in [-0.1, -0.05) is 0 Å². The van der Waals surface area contributed by atoms with Crippen molar-refractivity contribution in [3.63, 3.8) is 0 Å². The number of nitrogens with two attached hydrogens (primary N) is 1. The molecule has 4 rings (SSSR count). The largest absolute Gasteiger partial charge is 0.399 e. The van der Waals surface area contributed by atoms with Crippen molar-refractivity contribution in [2.24, 2.45) is 0 Å². The van der Waals surface area contributed by atoms with Crippen molar-refractivity contribution in [2.45, 2.75) is 6.04 Å². The number of nitrogens with zero attached hydrogens (tertiary/aromatic N) is 4. The lowest BCUT2D eigenvalue weighted by atomic mass is 10.2. The van der Waals surface area contributed by atoms with E-state index in [1.807, 2.05) is 28.9 Å². The first-order valence-corrected chi connectivity index (χ1v) is 6.70. The van der Waals surface area contributed by atoms with Gasteiger partial charge in [-0.15, -0.1) is 0 Å². The van der Waals surface area contributed by atoms with Crippen molar-refractivity contribution in [1.29, 1.82) is 0 Å². The van der Waals surface area contributed by atoms with Gasteiger partial charge in [0.25, 0.3) is 0 Å². The third-order valence-electron chi connectivity index (χ3n) is 3.53. The number of benzene rings is 1. The molecule has 2 aromatic heterocycles. The summed E-state index contributed by atoms with van der Waals surface area (Å²) < 4.78 is 7.11. The van der Waals surface area contributed by atoms with Crippen LogP contribution in [-0.4, -0.2) is 33.0 Å². The zero-order chi connectivity index (χ0) is 14.2. The van der Waals surface area contributed by atoms with Crippen LogP contribution in [0.25, 0.3) is 11.0 Å². The second kappa shape index (κ2) is 4.71. The van der Waals surface area contributed by atoms with Gasteiger partial charge in [-0.2, -0.15) is 5.10 Å². The summed E-state index contributed by atoms with van der Waals surface area (Å²) in [6, 6.07) is 7.77. The molecule has 3 N–H and O–H groups in total. The summed E-state index contributed by atoms with van der Waals surface area (Å²) in [5.41, 5.74) is 8.15. The smallest absolute Gasteiger partial charge is 0.163 e. The van der Waals surface area contributed by atoms with Gasteiger partial charge in [0.1, 0.15) is 18.2 Å². The van der Waals surface area contributed by atoms with Crippen molar-refractivity contribution in [3.05, 3.63) is 36.8 Å². The van der Waals surface area contributed by atoms with E-state index < -0.39 is 0 Å². The summed E-state index contributed by atoms with van der Waals surface area (Å²) in [6.45, 7) is 1.36. The van der Waals surface area contributed by atoms with Gasteiger partial charge in [0.2, 0.25) is 0 Å². The quantitative estimate of drug-likeness (QED) is 0.711. The van der Waals surface area contributed by atoms with Gasteiger partial charge in [0.05, 0.1) is 24.8 Å². The molecule has 7 heteroatoms. The predicted molar refractivity (Wildman–Crippen MR) is 79.3 cm³/mol. The molecule has 0 atom stereocenters. The van der Waals surface area contributed by atoms with Crippen LogP contribution in [0, 0.1) is 0 Å². The van der Waals surface area contributed by atoms with Crippen LogP contribution in [-0.2, 0) is 4.74 Å². The summed E-state index contributed by atoms with van der Waals surface area (Å²) in [6.07, 6.45) is 3.33. The molecule has 0 bridgehead atoms. The second-order valence-electron chi connectivity index (χ2n) is 4.99. The minimum absolute atomic E-state index is 0.266. The topological polar surface area (TPSA) is 90.9 Å². The fraction of sp³-hybridized carbons (Fsp3) is 0.214. The van der Waals surface area contributed by atoms with E-state index in [1.54, 1.807) is 12.5 Å². The van der Waals surface area contributed by atoms with Crippen LogP contribution in [0.15, 0.2) is 36.8 Å². The molecule has 7 nitrogen and oxygen atoms in total. The molecule has 3 heterocycles. The van der Waals surface area contributed by atoms with Crippen LogP contribution in [0.2, 0.25) is 0 Å². The van der Waals surface area contributed by atoms with Gasteiger partial charge >= 0.3 is 0 Å². The van der Waals surface area contributed by atoms with Crippen LogP contribution >= 0.6 is 0 Å². The third-order valence-corrected chi connectivity index (χ3v) is 3.53. The highest BCUT2D eigenvalue weighted by molar-refractivity contribution is 5.88. The molecular weight excluding hydrogens is 268 g/mol. The first-order chi connectivity index (χ1) is 10.3. The fourth-order valence-corrected chi connectivity index (χ4v) is 2.30. The Balaban J connectivity index is 1.71. The third kappa shape index (κ3) is 2.07. The number of fused-ring (bicyclic) bond motifs is 1. The Labute approximate surface area is 120 Å². The normalized spacial score (nSPS) is 15.0. The van der Waals surface area contributed by atoms with E-state index in [9.17, 15) is 0 Å². The van der Waals surface area contributed by atoms with E-state index in [0.29, 0.717) is 13.2 Å². The Hall–Kier alpha value is -2.67. The molecule has 0 amide bonds. The van der Waals surface area contributed by atoms with Crippen molar-refractivity contribution >= 4 is 28.2 Å². The summed E-state index contributed by atoms with van der Waals surface area (Å²) in [5, 5.41) is 8.57. The van der Waals surface area contributed by atoms with Gasteiger partial charge in [0, 0.05) is 11.4 Å². The van der Waals surface area contributed by atoms with Crippen molar-refractivity contribution in [1.82, 2.24) is 19.7 Å². The van der Waals surface area contributed by atoms with Gasteiger partial charge in [-0.25, -0.2) is 14.6 Å². The molecule has 1 aliphatic heterocycles. The average molecular weight is 282 g/mol. The monoisotopic (exact) mass is 282 g/mol. The zero-order valence-corrected chi connectivity index (χ0v) is 11.2. The van der Waals surface area contributed by atoms with E-state index in [-0.39, 0.29) is 6.04 Å². The van der Waals surface area contributed by atoms with Crippen LogP contribution in [0.1, 0.15) is 6.04 Å². The first-order valence-electron chi connectivity index (χ1n) is 6.70. The molecule has 1 saturated heterocycles. The Kier molecular flexibility index (Phi) is 2.71. The van der Waals surface area contributed by atoms with E-state index in [1.165, 1.54) is 0 Å². The number of aromatic nitrogens is 4. The lowest BCUT2D eigenvalue weighted by molar-refractivity contribution is -0.0269. The van der Waals surface area contributed by atoms with Crippen LogP contribution in [0.4, 0.5) is 17.2 Å². The minimum atomic E-state index is 0.266. The van der Waals surface area contributed by atoms with E-state index in [0.717, 1.165) is 28.2 Å². The predicted octanol–water partition coefficient (Wildman–Crippen LogP) is 1.72. The Bertz CT molecular complexity index is 778. The molecule has 106 valence electrons. The molecule has 0 unspecified atom stereocenters. The second-order valence-corrected chi connectivity index (χ2v) is 4.99. The molecule has 21 heavy (non-hydrogen) atoms. The molecule has 0 spiro atoms. The van der Waals surface area contributed by atoms with Crippen molar-refractivity contribution in [2.75, 3.05) is 24.3 Å².